The second-order valence-electron chi connectivity index (χ2n) is 4.29. The topological polar surface area (TPSA) is 97.8 Å². The van der Waals surface area contributed by atoms with Gasteiger partial charge >= 0.3 is 5.97 Å². The van der Waals surface area contributed by atoms with Gasteiger partial charge in [0.25, 0.3) is 5.69 Å². The molecular formula is C11H15N3O5. The van der Waals surface area contributed by atoms with E-state index in [1.165, 1.54) is 10.8 Å². The summed E-state index contributed by atoms with van der Waals surface area (Å²) < 4.78 is 6.63. The number of hydrogen-bond acceptors (Lipinski definition) is 5. The van der Waals surface area contributed by atoms with E-state index in [0.29, 0.717) is 26.3 Å². The van der Waals surface area contributed by atoms with Crippen LogP contribution in [0.2, 0.25) is 0 Å². The third-order valence-corrected chi connectivity index (χ3v) is 3.07. The monoisotopic (exact) mass is 269 g/mol. The fourth-order valence-electron chi connectivity index (χ4n) is 2.03. The summed E-state index contributed by atoms with van der Waals surface area (Å²) in [6.45, 7) is 3.98. The summed E-state index contributed by atoms with van der Waals surface area (Å²) in [5.41, 5.74) is -0.251. The van der Waals surface area contributed by atoms with Crippen LogP contribution in [0.25, 0.3) is 0 Å². The minimum Gasteiger partial charge on any atom is -0.477 e. The maximum atomic E-state index is 11.0. The Balaban J connectivity index is 2.05. The van der Waals surface area contributed by atoms with E-state index in [1.54, 1.807) is 0 Å². The number of ether oxygens (including phenoxy) is 1. The number of hydrogen-bond donors (Lipinski definition) is 1. The molecule has 0 amide bonds. The van der Waals surface area contributed by atoms with Gasteiger partial charge < -0.3 is 14.4 Å². The first-order valence-corrected chi connectivity index (χ1v) is 5.96. The minimum atomic E-state index is -1.16. The van der Waals surface area contributed by atoms with E-state index < -0.39 is 10.9 Å². The second-order valence-corrected chi connectivity index (χ2v) is 4.29. The average molecular weight is 269 g/mol. The van der Waals surface area contributed by atoms with Crippen molar-refractivity contribution in [1.29, 1.82) is 0 Å². The van der Waals surface area contributed by atoms with Crippen LogP contribution in [-0.4, -0.2) is 58.3 Å². The SMILES string of the molecule is O=C(O)c1cc([N+](=O)[O-])cn1CCN1CCOCC1. The maximum absolute atomic E-state index is 11.0. The Kier molecular flexibility index (Phi) is 4.13. The first-order valence-electron chi connectivity index (χ1n) is 5.96. The molecule has 1 fully saturated rings. The molecule has 1 aromatic rings. The van der Waals surface area contributed by atoms with Gasteiger partial charge in [-0.1, -0.05) is 0 Å². The van der Waals surface area contributed by atoms with Crippen LogP contribution in [0.3, 0.4) is 0 Å². The largest absolute Gasteiger partial charge is 0.477 e. The maximum Gasteiger partial charge on any atom is 0.352 e. The number of morpholine rings is 1. The molecule has 0 radical (unpaired) electrons. The number of carboxylic acids is 1. The number of carbonyl (C=O) groups is 1. The van der Waals surface area contributed by atoms with Crippen LogP contribution in [0.4, 0.5) is 5.69 Å². The zero-order valence-corrected chi connectivity index (χ0v) is 10.3. The van der Waals surface area contributed by atoms with E-state index in [2.05, 4.69) is 4.90 Å². The fourth-order valence-corrected chi connectivity index (χ4v) is 2.03. The normalized spacial score (nSPS) is 16.4. The van der Waals surface area contributed by atoms with Crippen molar-refractivity contribution in [2.24, 2.45) is 0 Å². The quantitative estimate of drug-likeness (QED) is 0.614. The van der Waals surface area contributed by atoms with Crippen LogP contribution < -0.4 is 0 Å². The molecule has 8 nitrogen and oxygen atoms in total. The van der Waals surface area contributed by atoms with Crippen LogP contribution in [0.1, 0.15) is 10.5 Å². The lowest BCUT2D eigenvalue weighted by atomic mass is 10.4. The van der Waals surface area contributed by atoms with Crippen LogP contribution in [0.15, 0.2) is 12.3 Å². The van der Waals surface area contributed by atoms with Crippen molar-refractivity contribution in [2.75, 3.05) is 32.8 Å². The van der Waals surface area contributed by atoms with E-state index in [0.717, 1.165) is 19.2 Å². The Labute approximate surface area is 109 Å². The summed E-state index contributed by atoms with van der Waals surface area (Å²) in [5, 5.41) is 19.7. The minimum absolute atomic E-state index is 0.0556. The number of carboxylic acid groups (broad SMARTS) is 1. The molecule has 1 aromatic heterocycles. The second kappa shape index (κ2) is 5.81. The summed E-state index contributed by atoms with van der Waals surface area (Å²) in [6, 6.07) is 1.08. The lowest BCUT2D eigenvalue weighted by Gasteiger charge is -2.26. The van der Waals surface area contributed by atoms with Gasteiger partial charge in [0.2, 0.25) is 0 Å². The summed E-state index contributed by atoms with van der Waals surface area (Å²) in [5.74, 6) is -1.16. The van der Waals surface area contributed by atoms with Crippen molar-refractivity contribution in [1.82, 2.24) is 9.47 Å². The van der Waals surface area contributed by atoms with Crippen molar-refractivity contribution < 1.29 is 19.6 Å². The molecule has 104 valence electrons. The predicted molar refractivity (Wildman–Crippen MR) is 65.3 cm³/mol. The molecule has 0 aliphatic carbocycles. The van der Waals surface area contributed by atoms with Gasteiger partial charge in [-0.25, -0.2) is 4.79 Å². The molecule has 1 aliphatic heterocycles. The fraction of sp³-hybridized carbons (Fsp3) is 0.545. The summed E-state index contributed by atoms with van der Waals surface area (Å²) >= 11 is 0. The number of nitro groups is 1. The van der Waals surface area contributed by atoms with Crippen LogP contribution >= 0.6 is 0 Å². The third-order valence-electron chi connectivity index (χ3n) is 3.07. The molecule has 0 saturated carbocycles. The Morgan fingerprint density at radius 1 is 1.42 bits per heavy atom. The summed E-state index contributed by atoms with van der Waals surface area (Å²) in [7, 11) is 0. The predicted octanol–water partition coefficient (Wildman–Crippen LogP) is 0.427. The Hall–Kier alpha value is -1.93. The van der Waals surface area contributed by atoms with E-state index in [1.807, 2.05) is 0 Å². The van der Waals surface area contributed by atoms with Gasteiger partial charge in [-0.3, -0.25) is 15.0 Å². The molecule has 8 heteroatoms. The van der Waals surface area contributed by atoms with Gasteiger partial charge in [-0.05, 0) is 0 Å². The van der Waals surface area contributed by atoms with Crippen LogP contribution in [0, 0.1) is 10.1 Å². The third kappa shape index (κ3) is 3.30. The van der Waals surface area contributed by atoms with E-state index in [-0.39, 0.29) is 11.4 Å². The lowest BCUT2D eigenvalue weighted by molar-refractivity contribution is -0.384. The van der Waals surface area contributed by atoms with Crippen molar-refractivity contribution in [3.8, 4) is 0 Å². The van der Waals surface area contributed by atoms with E-state index in [4.69, 9.17) is 9.84 Å². The zero-order valence-electron chi connectivity index (χ0n) is 10.3. The number of aromatic nitrogens is 1. The summed E-state index contributed by atoms with van der Waals surface area (Å²) in [4.78, 5) is 23.3. The molecule has 2 rings (SSSR count). The Bertz CT molecular complexity index is 479. The molecule has 0 spiro atoms. The highest BCUT2D eigenvalue weighted by Crippen LogP contribution is 2.16. The van der Waals surface area contributed by atoms with Crippen LogP contribution in [0.5, 0.6) is 0 Å². The van der Waals surface area contributed by atoms with Crippen molar-refractivity contribution in [3.63, 3.8) is 0 Å². The molecule has 1 N–H and O–H groups in total. The van der Waals surface area contributed by atoms with Crippen molar-refractivity contribution in [2.45, 2.75) is 6.54 Å². The number of nitrogens with zero attached hydrogens (tertiary/aromatic N) is 3. The average Bonchev–Trinajstić information content (AvgIpc) is 2.82. The molecule has 19 heavy (non-hydrogen) atoms. The standard InChI is InChI=1S/C11H15N3O5/c15-11(16)10-7-9(14(17)18)8-13(10)2-1-12-3-5-19-6-4-12/h7-8H,1-6H2,(H,15,16). The van der Waals surface area contributed by atoms with E-state index in [9.17, 15) is 14.9 Å². The van der Waals surface area contributed by atoms with Crippen molar-refractivity contribution >= 4 is 11.7 Å². The summed E-state index contributed by atoms with van der Waals surface area (Å²) in [6.07, 6.45) is 1.27. The molecule has 0 unspecified atom stereocenters. The molecule has 1 saturated heterocycles. The van der Waals surface area contributed by atoms with Crippen LogP contribution in [-0.2, 0) is 11.3 Å². The van der Waals surface area contributed by atoms with Crippen molar-refractivity contribution in [3.05, 3.63) is 28.1 Å². The highest BCUT2D eigenvalue weighted by molar-refractivity contribution is 5.86. The molecule has 0 bridgehead atoms. The molecular weight excluding hydrogens is 254 g/mol. The highest BCUT2D eigenvalue weighted by Gasteiger charge is 2.19. The lowest BCUT2D eigenvalue weighted by Crippen LogP contribution is -2.38. The Morgan fingerprint density at radius 2 is 2.11 bits per heavy atom. The van der Waals surface area contributed by atoms with E-state index >= 15 is 0 Å². The molecule has 0 atom stereocenters. The molecule has 1 aliphatic rings. The van der Waals surface area contributed by atoms with Gasteiger partial charge in [-0.2, -0.15) is 0 Å². The molecule has 2 heterocycles. The smallest absolute Gasteiger partial charge is 0.352 e. The highest BCUT2D eigenvalue weighted by atomic mass is 16.6. The van der Waals surface area contributed by atoms with Gasteiger partial charge in [0.15, 0.2) is 0 Å². The molecule has 0 aromatic carbocycles. The number of rotatable bonds is 5. The Morgan fingerprint density at radius 3 is 2.68 bits per heavy atom. The van der Waals surface area contributed by atoms with Gasteiger partial charge in [0, 0.05) is 32.2 Å². The zero-order chi connectivity index (χ0) is 13.8. The first-order chi connectivity index (χ1) is 9.08. The van der Waals surface area contributed by atoms with Gasteiger partial charge in [0.05, 0.1) is 24.3 Å². The van der Waals surface area contributed by atoms with Gasteiger partial charge in [0.1, 0.15) is 5.69 Å². The first kappa shape index (κ1) is 13.5. The van der Waals surface area contributed by atoms with Gasteiger partial charge in [-0.15, -0.1) is 0 Å². The number of aromatic carboxylic acids is 1.